The quantitative estimate of drug-likeness (QED) is 0.146. The Kier molecular flexibility index (Phi) is 14.4. The topological polar surface area (TPSA) is 108 Å². The van der Waals surface area contributed by atoms with E-state index in [0.717, 1.165) is 74.9 Å². The summed E-state index contributed by atoms with van der Waals surface area (Å²) in [6, 6.07) is 16.0. The summed E-state index contributed by atoms with van der Waals surface area (Å²) in [5, 5.41) is 9.00. The maximum atomic E-state index is 13.9. The summed E-state index contributed by atoms with van der Waals surface area (Å²) in [6.07, 6.45) is 11.8. The highest BCUT2D eigenvalue weighted by atomic mass is 19.1. The van der Waals surface area contributed by atoms with Gasteiger partial charge in [0.1, 0.15) is 17.5 Å². The maximum Gasteiger partial charge on any atom is 0.251 e. The number of rotatable bonds is 14. The fraction of sp³-hybridized carbons (Fsp3) is 0.512. The molecular weight excluding hydrogens is 643 g/mol. The van der Waals surface area contributed by atoms with Crippen LogP contribution in [0.1, 0.15) is 107 Å². The lowest BCUT2D eigenvalue weighted by atomic mass is 9.83. The molecule has 1 aromatic heterocycles. The van der Waals surface area contributed by atoms with Gasteiger partial charge in [0.05, 0.1) is 12.3 Å². The van der Waals surface area contributed by atoms with Crippen LogP contribution in [-0.2, 0) is 9.53 Å². The Morgan fingerprint density at radius 1 is 0.922 bits per heavy atom. The SMILES string of the molecule is CC(=C1CCC1)N1CCCC(c2nc(Nc3cccc(F)c3)cc(-c3ccc(C(=O)NCCC4CCC4)cc3)n2)C1.CCCOCCNC(C)=O. The van der Waals surface area contributed by atoms with Gasteiger partial charge in [-0.05, 0) is 88.1 Å². The smallest absolute Gasteiger partial charge is 0.251 e. The molecule has 2 heterocycles. The lowest BCUT2D eigenvalue weighted by molar-refractivity contribution is -0.119. The molecule has 9 nitrogen and oxygen atoms in total. The molecule has 3 aliphatic rings. The zero-order valence-corrected chi connectivity index (χ0v) is 30.6. The molecule has 6 rings (SSSR count). The lowest BCUT2D eigenvalue weighted by Gasteiger charge is -2.37. The number of benzene rings is 2. The first-order valence-corrected chi connectivity index (χ1v) is 18.8. The summed E-state index contributed by atoms with van der Waals surface area (Å²) in [5.74, 6) is 2.08. The minimum absolute atomic E-state index is 0.0000912. The number of halogens is 1. The van der Waals surface area contributed by atoms with E-state index < -0.39 is 0 Å². The molecule has 2 aliphatic carbocycles. The van der Waals surface area contributed by atoms with E-state index >= 15 is 0 Å². The Labute approximate surface area is 302 Å². The second-order valence-electron chi connectivity index (χ2n) is 14.0. The van der Waals surface area contributed by atoms with Crippen molar-refractivity contribution in [2.45, 2.75) is 90.9 Å². The summed E-state index contributed by atoms with van der Waals surface area (Å²) in [4.78, 5) is 35.5. The van der Waals surface area contributed by atoms with Gasteiger partial charge in [0.2, 0.25) is 5.91 Å². The van der Waals surface area contributed by atoms with E-state index in [-0.39, 0.29) is 23.5 Å². The summed E-state index contributed by atoms with van der Waals surface area (Å²) < 4.78 is 19.0. The molecule has 1 aliphatic heterocycles. The van der Waals surface area contributed by atoms with Crippen LogP contribution in [0.5, 0.6) is 0 Å². The largest absolute Gasteiger partial charge is 0.380 e. The fourth-order valence-electron chi connectivity index (χ4n) is 6.62. The molecule has 1 saturated heterocycles. The minimum Gasteiger partial charge on any atom is -0.380 e. The first kappa shape index (κ1) is 37.9. The predicted molar refractivity (Wildman–Crippen MR) is 201 cm³/mol. The van der Waals surface area contributed by atoms with Gasteiger partial charge < -0.3 is 25.6 Å². The van der Waals surface area contributed by atoms with Crippen molar-refractivity contribution in [1.29, 1.82) is 0 Å². The number of hydrogen-bond acceptors (Lipinski definition) is 7. The third-order valence-electron chi connectivity index (χ3n) is 10.0. The molecule has 3 aromatic rings. The molecule has 0 radical (unpaired) electrons. The predicted octanol–water partition coefficient (Wildman–Crippen LogP) is 8.13. The molecule has 1 atom stereocenters. The second kappa shape index (κ2) is 19.3. The molecule has 274 valence electrons. The molecule has 0 bridgehead atoms. The Balaban J connectivity index is 0.000000442. The van der Waals surface area contributed by atoms with Crippen molar-refractivity contribution >= 4 is 23.3 Å². The third-order valence-corrected chi connectivity index (χ3v) is 10.0. The Morgan fingerprint density at radius 3 is 2.39 bits per heavy atom. The first-order valence-electron chi connectivity index (χ1n) is 18.8. The number of nitrogens with one attached hydrogen (secondary N) is 3. The number of aromatic nitrogens is 2. The van der Waals surface area contributed by atoms with E-state index in [0.29, 0.717) is 30.2 Å². The number of nitrogens with zero attached hydrogens (tertiary/aromatic N) is 3. The average Bonchev–Trinajstić information content (AvgIpc) is 3.08. The number of anilines is 2. The van der Waals surface area contributed by atoms with E-state index in [1.54, 1.807) is 11.6 Å². The van der Waals surface area contributed by atoms with Crippen molar-refractivity contribution in [1.82, 2.24) is 25.5 Å². The van der Waals surface area contributed by atoms with Gasteiger partial charge >= 0.3 is 0 Å². The zero-order chi connectivity index (χ0) is 36.0. The molecule has 10 heteroatoms. The van der Waals surface area contributed by atoms with E-state index in [1.807, 2.05) is 36.4 Å². The summed E-state index contributed by atoms with van der Waals surface area (Å²) in [7, 11) is 0. The molecule has 3 N–H and O–H groups in total. The van der Waals surface area contributed by atoms with Crippen molar-refractivity contribution in [3.63, 3.8) is 0 Å². The molecular formula is C41H55FN6O3. The van der Waals surface area contributed by atoms with E-state index in [9.17, 15) is 14.0 Å². The van der Waals surface area contributed by atoms with Crippen LogP contribution in [0.2, 0.25) is 0 Å². The molecule has 1 unspecified atom stereocenters. The van der Waals surface area contributed by atoms with Gasteiger partial charge in [-0.1, -0.05) is 50.0 Å². The lowest BCUT2D eigenvalue weighted by Crippen LogP contribution is -2.35. The molecule has 0 spiro atoms. The van der Waals surface area contributed by atoms with Gasteiger partial charge in [0.15, 0.2) is 0 Å². The van der Waals surface area contributed by atoms with Crippen LogP contribution in [-0.4, -0.2) is 66.1 Å². The number of ether oxygens (including phenoxy) is 1. The molecule has 3 fully saturated rings. The van der Waals surface area contributed by atoms with E-state index in [2.05, 4.69) is 34.7 Å². The highest BCUT2D eigenvalue weighted by Gasteiger charge is 2.27. The van der Waals surface area contributed by atoms with Gasteiger partial charge in [-0.3, -0.25) is 9.59 Å². The number of allylic oxidation sites excluding steroid dienone is 2. The second-order valence-corrected chi connectivity index (χ2v) is 14.0. The van der Waals surface area contributed by atoms with Crippen LogP contribution in [0.3, 0.4) is 0 Å². The molecule has 2 aromatic carbocycles. The number of carbonyl (C=O) groups excluding carboxylic acids is 2. The molecule has 51 heavy (non-hydrogen) atoms. The van der Waals surface area contributed by atoms with Crippen LogP contribution in [0.15, 0.2) is 65.9 Å². The van der Waals surface area contributed by atoms with Crippen LogP contribution in [0.25, 0.3) is 11.3 Å². The van der Waals surface area contributed by atoms with Crippen molar-refractivity contribution in [3.05, 3.63) is 83.1 Å². The number of carbonyl (C=O) groups is 2. The Hall–Kier alpha value is -4.31. The number of hydrogen-bond donors (Lipinski definition) is 3. The van der Waals surface area contributed by atoms with Crippen LogP contribution < -0.4 is 16.0 Å². The van der Waals surface area contributed by atoms with Crippen LogP contribution >= 0.6 is 0 Å². The fourth-order valence-corrected chi connectivity index (χ4v) is 6.62. The number of amides is 2. The minimum atomic E-state index is -0.298. The first-order chi connectivity index (χ1) is 24.8. The number of piperidine rings is 1. The summed E-state index contributed by atoms with van der Waals surface area (Å²) in [5.41, 5.74) is 6.01. The molecule has 2 saturated carbocycles. The standard InChI is InChI=1S/C34H40FN5O.C7H15NO2/c1-23(25-8-3-9-25)40-19-5-10-28(22-40)33-38-31(21-32(39-33)37-30-12-4-11-29(35)20-30)26-13-15-27(16-14-26)34(41)36-18-17-24-6-2-7-24;1-3-5-10-6-4-8-7(2)9/h4,11-16,20-21,24,28H,2-3,5-10,17-19,22H2,1H3,(H,36,41)(H,37,38,39);3-6H2,1-2H3,(H,8,9). The zero-order valence-electron chi connectivity index (χ0n) is 30.6. The van der Waals surface area contributed by atoms with Gasteiger partial charge in [0, 0.05) is 74.2 Å². The van der Waals surface area contributed by atoms with Crippen molar-refractivity contribution < 1.29 is 18.7 Å². The van der Waals surface area contributed by atoms with Crippen LogP contribution in [0.4, 0.5) is 15.9 Å². The van der Waals surface area contributed by atoms with Crippen molar-refractivity contribution in [3.8, 4) is 11.3 Å². The monoisotopic (exact) mass is 698 g/mol. The normalized spacial score (nSPS) is 17.0. The summed E-state index contributed by atoms with van der Waals surface area (Å²) in [6.45, 7) is 10.5. The number of likely N-dealkylation sites (tertiary alicyclic amines) is 1. The van der Waals surface area contributed by atoms with Gasteiger partial charge in [-0.2, -0.15) is 0 Å². The van der Waals surface area contributed by atoms with Crippen molar-refractivity contribution in [2.75, 3.05) is 44.7 Å². The van der Waals surface area contributed by atoms with Crippen molar-refractivity contribution in [2.24, 2.45) is 5.92 Å². The highest BCUT2D eigenvalue weighted by molar-refractivity contribution is 5.94. The maximum absolute atomic E-state index is 13.9. The summed E-state index contributed by atoms with van der Waals surface area (Å²) >= 11 is 0. The van der Waals surface area contributed by atoms with E-state index in [1.165, 1.54) is 63.3 Å². The van der Waals surface area contributed by atoms with Crippen LogP contribution in [0, 0.1) is 11.7 Å². The van der Waals surface area contributed by atoms with E-state index in [4.69, 9.17) is 14.7 Å². The Morgan fingerprint density at radius 2 is 1.73 bits per heavy atom. The Bertz CT molecular complexity index is 1620. The average molecular weight is 699 g/mol. The molecule has 2 amide bonds. The highest BCUT2D eigenvalue weighted by Crippen LogP contribution is 2.35. The van der Waals surface area contributed by atoms with Gasteiger partial charge in [-0.25, -0.2) is 14.4 Å². The third kappa shape index (κ3) is 11.6. The van der Waals surface area contributed by atoms with Gasteiger partial charge in [-0.15, -0.1) is 0 Å². The van der Waals surface area contributed by atoms with Gasteiger partial charge in [0.25, 0.3) is 5.91 Å².